The van der Waals surface area contributed by atoms with E-state index >= 15 is 0 Å². The molecule has 1 aliphatic rings. The zero-order valence-electron chi connectivity index (χ0n) is 22.2. The van der Waals surface area contributed by atoms with E-state index in [0.29, 0.717) is 41.3 Å². The van der Waals surface area contributed by atoms with E-state index in [9.17, 15) is 19.2 Å². The van der Waals surface area contributed by atoms with Crippen LogP contribution in [0.3, 0.4) is 0 Å². The van der Waals surface area contributed by atoms with Gasteiger partial charge in [-0.3, -0.25) is 14.4 Å². The maximum Gasteiger partial charge on any atom is 0.337 e. The monoisotopic (exact) mass is 549 g/mol. The smallest absolute Gasteiger partial charge is 0.337 e. The molecule has 39 heavy (non-hydrogen) atoms. The number of rotatable bonds is 9. The fraction of sp³-hybridized carbons (Fsp3) is 0.345. The van der Waals surface area contributed by atoms with Crippen LogP contribution in [0.15, 0.2) is 47.8 Å². The van der Waals surface area contributed by atoms with Crippen molar-refractivity contribution in [1.82, 2.24) is 9.88 Å². The van der Waals surface area contributed by atoms with Gasteiger partial charge < -0.3 is 19.7 Å². The number of nitrogens with zero attached hydrogens (tertiary/aromatic N) is 2. The van der Waals surface area contributed by atoms with Crippen LogP contribution in [0.5, 0.6) is 5.75 Å². The molecular formula is C29H31N3O6S. The Balaban J connectivity index is 1.26. The number of ether oxygens (including phenoxy) is 2. The maximum atomic E-state index is 12.8. The van der Waals surface area contributed by atoms with E-state index < -0.39 is 5.97 Å². The number of benzene rings is 2. The molecule has 0 atom stereocenters. The van der Waals surface area contributed by atoms with E-state index in [0.717, 1.165) is 23.4 Å². The second kappa shape index (κ2) is 12.7. The Morgan fingerprint density at radius 3 is 2.33 bits per heavy atom. The van der Waals surface area contributed by atoms with Gasteiger partial charge in [0, 0.05) is 48.5 Å². The molecule has 204 valence electrons. The molecule has 10 heteroatoms. The van der Waals surface area contributed by atoms with E-state index in [1.54, 1.807) is 66.8 Å². The van der Waals surface area contributed by atoms with Crippen LogP contribution in [0.2, 0.25) is 0 Å². The molecule has 3 aromatic rings. The maximum absolute atomic E-state index is 12.8. The fourth-order valence-electron chi connectivity index (χ4n) is 4.49. The summed E-state index contributed by atoms with van der Waals surface area (Å²) in [5.74, 6) is 0.00518. The lowest BCUT2D eigenvalue weighted by atomic mass is 9.97. The van der Waals surface area contributed by atoms with Gasteiger partial charge in [0.05, 0.1) is 24.8 Å². The zero-order valence-corrected chi connectivity index (χ0v) is 23.0. The summed E-state index contributed by atoms with van der Waals surface area (Å²) in [6, 6.07) is 11.8. The first-order chi connectivity index (χ1) is 18.8. The summed E-state index contributed by atoms with van der Waals surface area (Å²) < 4.78 is 9.85. The van der Waals surface area contributed by atoms with E-state index in [1.165, 1.54) is 18.4 Å². The van der Waals surface area contributed by atoms with Gasteiger partial charge >= 0.3 is 5.97 Å². The number of Topliss-reactive ketones (excluding diaryl/α,β-unsaturated/α-hetero) is 1. The number of methoxy groups -OCH3 is 2. The largest absolute Gasteiger partial charge is 0.497 e. The number of aromatic nitrogens is 1. The average Bonchev–Trinajstić information content (AvgIpc) is 3.47. The van der Waals surface area contributed by atoms with Gasteiger partial charge in [-0.2, -0.15) is 0 Å². The minimum Gasteiger partial charge on any atom is -0.497 e. The third kappa shape index (κ3) is 6.88. The molecule has 0 spiro atoms. The highest BCUT2D eigenvalue weighted by Gasteiger charge is 2.27. The van der Waals surface area contributed by atoms with Gasteiger partial charge in [-0.1, -0.05) is 0 Å². The number of piperidine rings is 1. The van der Waals surface area contributed by atoms with Gasteiger partial charge in [-0.05, 0) is 67.8 Å². The summed E-state index contributed by atoms with van der Waals surface area (Å²) in [6.07, 6.45) is 1.85. The molecule has 1 aliphatic heterocycles. The van der Waals surface area contributed by atoms with E-state index in [4.69, 9.17) is 9.47 Å². The van der Waals surface area contributed by atoms with Crippen molar-refractivity contribution in [2.45, 2.75) is 38.5 Å². The second-order valence-electron chi connectivity index (χ2n) is 9.35. The molecule has 0 saturated carbocycles. The Hall–Kier alpha value is -4.05. The number of carbonyl (C=O) groups is 4. The highest BCUT2D eigenvalue weighted by atomic mass is 32.1. The molecule has 4 rings (SSSR count). The van der Waals surface area contributed by atoms with E-state index in [2.05, 4.69) is 10.3 Å². The van der Waals surface area contributed by atoms with E-state index in [-0.39, 0.29) is 36.4 Å². The second-order valence-corrected chi connectivity index (χ2v) is 10.2. The third-order valence-corrected chi connectivity index (χ3v) is 7.83. The standard InChI is InChI=1S/C29H31N3O6S/c1-18-16-21(29(36)38-3)6-9-23(18)30-27(35)24-17-39-28(31-24)20-12-14-32(15-13-20)26(34)11-10-25(33)19-4-7-22(37-2)8-5-19/h4-9,16-17,20H,10-15H2,1-3H3,(H,30,35). The van der Waals surface area contributed by atoms with Gasteiger partial charge in [0.15, 0.2) is 5.78 Å². The topological polar surface area (TPSA) is 115 Å². The predicted molar refractivity (Wildman–Crippen MR) is 148 cm³/mol. The summed E-state index contributed by atoms with van der Waals surface area (Å²) in [7, 11) is 2.89. The van der Waals surface area contributed by atoms with Crippen LogP contribution in [-0.2, 0) is 9.53 Å². The molecule has 9 nitrogen and oxygen atoms in total. The molecule has 0 unspecified atom stereocenters. The quantitative estimate of drug-likeness (QED) is 0.299. The Labute approximate surface area is 231 Å². The number of amides is 2. The number of ketones is 1. The van der Waals surface area contributed by atoms with Gasteiger partial charge in [-0.25, -0.2) is 9.78 Å². The zero-order chi connectivity index (χ0) is 27.9. The molecule has 1 fully saturated rings. The average molecular weight is 550 g/mol. The first kappa shape index (κ1) is 28.0. The molecule has 2 amide bonds. The van der Waals surface area contributed by atoms with Gasteiger partial charge in [0.2, 0.25) is 5.91 Å². The van der Waals surface area contributed by atoms with Gasteiger partial charge in [0.25, 0.3) is 5.91 Å². The molecule has 0 radical (unpaired) electrons. The van der Waals surface area contributed by atoms with Crippen LogP contribution < -0.4 is 10.1 Å². The SMILES string of the molecule is COC(=O)c1ccc(NC(=O)c2csc(C3CCN(C(=O)CCC(=O)c4ccc(OC)cc4)CC3)n2)c(C)c1. The summed E-state index contributed by atoms with van der Waals surface area (Å²) in [4.78, 5) is 56.0. The van der Waals surface area contributed by atoms with Crippen LogP contribution in [0.25, 0.3) is 0 Å². The van der Waals surface area contributed by atoms with Crippen molar-refractivity contribution in [3.05, 3.63) is 75.2 Å². The molecular weight excluding hydrogens is 518 g/mol. The summed E-state index contributed by atoms with van der Waals surface area (Å²) in [5.41, 5.74) is 2.66. The molecule has 2 aromatic carbocycles. The molecule has 1 saturated heterocycles. The number of hydrogen-bond donors (Lipinski definition) is 1. The minimum atomic E-state index is -0.435. The van der Waals surface area contributed by atoms with Crippen molar-refractivity contribution in [2.75, 3.05) is 32.6 Å². The summed E-state index contributed by atoms with van der Waals surface area (Å²) in [6.45, 7) is 2.98. The lowest BCUT2D eigenvalue weighted by Crippen LogP contribution is -2.38. The van der Waals surface area contributed by atoms with Crippen LogP contribution in [0.1, 0.15) is 73.4 Å². The molecule has 2 heterocycles. The van der Waals surface area contributed by atoms with Gasteiger partial charge in [-0.15, -0.1) is 11.3 Å². The van der Waals surface area contributed by atoms with Crippen LogP contribution in [0.4, 0.5) is 5.69 Å². The normalized spacial score (nSPS) is 13.6. The Morgan fingerprint density at radius 1 is 1.00 bits per heavy atom. The summed E-state index contributed by atoms with van der Waals surface area (Å²) >= 11 is 1.44. The number of thiazole rings is 1. The number of aryl methyl sites for hydroxylation is 1. The number of nitrogens with one attached hydrogen (secondary N) is 1. The predicted octanol–water partition coefficient (Wildman–Crippen LogP) is 4.87. The minimum absolute atomic E-state index is 0.0249. The van der Waals surface area contributed by atoms with Crippen molar-refractivity contribution in [3.8, 4) is 5.75 Å². The Morgan fingerprint density at radius 2 is 1.69 bits per heavy atom. The number of esters is 1. The van der Waals surface area contributed by atoms with Crippen molar-refractivity contribution >= 4 is 40.6 Å². The van der Waals surface area contributed by atoms with E-state index in [1.807, 2.05) is 0 Å². The first-order valence-corrected chi connectivity index (χ1v) is 13.6. The van der Waals surface area contributed by atoms with Crippen LogP contribution in [-0.4, -0.2) is 60.8 Å². The molecule has 0 aliphatic carbocycles. The number of hydrogen-bond acceptors (Lipinski definition) is 8. The number of carbonyl (C=O) groups excluding carboxylic acids is 4. The molecule has 0 bridgehead atoms. The summed E-state index contributed by atoms with van der Waals surface area (Å²) in [5, 5.41) is 5.47. The lowest BCUT2D eigenvalue weighted by Gasteiger charge is -2.31. The highest BCUT2D eigenvalue weighted by molar-refractivity contribution is 7.10. The highest BCUT2D eigenvalue weighted by Crippen LogP contribution is 2.31. The van der Waals surface area contributed by atoms with Crippen molar-refractivity contribution < 1.29 is 28.7 Å². The van der Waals surface area contributed by atoms with Gasteiger partial charge in [0.1, 0.15) is 11.4 Å². The number of anilines is 1. The Bertz CT molecular complexity index is 1360. The Kier molecular flexibility index (Phi) is 9.08. The first-order valence-electron chi connectivity index (χ1n) is 12.7. The van der Waals surface area contributed by atoms with Crippen molar-refractivity contribution in [2.24, 2.45) is 0 Å². The fourth-order valence-corrected chi connectivity index (χ4v) is 5.46. The van der Waals surface area contributed by atoms with Crippen LogP contribution >= 0.6 is 11.3 Å². The van der Waals surface area contributed by atoms with Crippen molar-refractivity contribution in [3.63, 3.8) is 0 Å². The lowest BCUT2D eigenvalue weighted by molar-refractivity contribution is -0.132. The third-order valence-electron chi connectivity index (χ3n) is 6.83. The molecule has 1 aromatic heterocycles. The van der Waals surface area contributed by atoms with Crippen molar-refractivity contribution in [1.29, 1.82) is 0 Å². The number of likely N-dealkylation sites (tertiary alicyclic amines) is 1. The van der Waals surface area contributed by atoms with Crippen LogP contribution in [0, 0.1) is 6.92 Å². The molecule has 1 N–H and O–H groups in total.